The molecule has 1 rings (SSSR count). The van der Waals surface area contributed by atoms with Crippen LogP contribution in [0.2, 0.25) is 0 Å². The standard InChI is InChI=1S/C14H25N.C2H4O2/c1-3-5-7-8-12-15-13-9-11-14(15)10-6-4-2;1-2(3)4/h9,11,13H,3-8,10,12H2,1-2H3;1H3,(H,3,4). The van der Waals surface area contributed by atoms with E-state index >= 15 is 0 Å². The third-order valence-corrected chi connectivity index (χ3v) is 2.96. The summed E-state index contributed by atoms with van der Waals surface area (Å²) in [4.78, 5) is 9.00. The Morgan fingerprint density at radius 3 is 2.37 bits per heavy atom. The molecule has 0 aromatic carbocycles. The molecule has 0 spiro atoms. The van der Waals surface area contributed by atoms with Gasteiger partial charge in [0, 0.05) is 25.4 Å². The van der Waals surface area contributed by atoms with Crippen molar-refractivity contribution in [1.82, 2.24) is 4.57 Å². The maximum atomic E-state index is 9.00. The Labute approximate surface area is 117 Å². The van der Waals surface area contributed by atoms with Crippen LogP contribution < -0.4 is 0 Å². The quantitative estimate of drug-likeness (QED) is 0.704. The second-order valence-corrected chi connectivity index (χ2v) is 4.88. The lowest BCUT2D eigenvalue weighted by Gasteiger charge is -2.08. The van der Waals surface area contributed by atoms with Crippen molar-refractivity contribution in [3.63, 3.8) is 0 Å². The molecule has 1 heterocycles. The predicted octanol–water partition coefficient (Wildman–Crippen LogP) is 4.50. The molecule has 19 heavy (non-hydrogen) atoms. The molecule has 0 fully saturated rings. The molecule has 3 nitrogen and oxygen atoms in total. The van der Waals surface area contributed by atoms with Crippen LogP contribution in [-0.2, 0) is 17.8 Å². The third kappa shape index (κ3) is 10.4. The average molecular weight is 267 g/mol. The smallest absolute Gasteiger partial charge is 0.300 e. The van der Waals surface area contributed by atoms with E-state index in [1.807, 2.05) is 0 Å². The highest BCUT2D eigenvalue weighted by molar-refractivity contribution is 5.62. The molecule has 1 aromatic rings. The summed E-state index contributed by atoms with van der Waals surface area (Å²) in [6.07, 6.45) is 11.5. The minimum atomic E-state index is -0.833. The molecule has 110 valence electrons. The fourth-order valence-corrected chi connectivity index (χ4v) is 1.96. The highest BCUT2D eigenvalue weighted by Crippen LogP contribution is 2.09. The van der Waals surface area contributed by atoms with Gasteiger partial charge in [-0.3, -0.25) is 4.79 Å². The second-order valence-electron chi connectivity index (χ2n) is 4.88. The Hall–Kier alpha value is -1.25. The van der Waals surface area contributed by atoms with E-state index < -0.39 is 5.97 Å². The fraction of sp³-hybridized carbons (Fsp3) is 0.688. The molecule has 0 aliphatic heterocycles. The summed E-state index contributed by atoms with van der Waals surface area (Å²) in [5.74, 6) is -0.833. The zero-order chi connectivity index (χ0) is 14.5. The molecule has 0 unspecified atom stereocenters. The summed E-state index contributed by atoms with van der Waals surface area (Å²) in [7, 11) is 0. The van der Waals surface area contributed by atoms with Gasteiger partial charge in [-0.15, -0.1) is 0 Å². The second kappa shape index (κ2) is 11.8. The van der Waals surface area contributed by atoms with Crippen molar-refractivity contribution in [2.45, 2.75) is 72.3 Å². The Kier molecular flexibility index (Phi) is 11.0. The van der Waals surface area contributed by atoms with Gasteiger partial charge in [-0.2, -0.15) is 0 Å². The van der Waals surface area contributed by atoms with E-state index in [-0.39, 0.29) is 0 Å². The van der Waals surface area contributed by atoms with Gasteiger partial charge in [0.2, 0.25) is 0 Å². The first-order valence-electron chi connectivity index (χ1n) is 7.45. The summed E-state index contributed by atoms with van der Waals surface area (Å²) in [6, 6.07) is 4.46. The molecule has 0 saturated heterocycles. The van der Waals surface area contributed by atoms with E-state index in [0.29, 0.717) is 0 Å². The SMILES string of the molecule is CC(=O)O.CCCCCCn1cccc1CCCC. The van der Waals surface area contributed by atoms with Crippen molar-refractivity contribution < 1.29 is 9.90 Å². The number of aromatic nitrogens is 1. The Balaban J connectivity index is 0.000000711. The molecule has 0 bridgehead atoms. The van der Waals surface area contributed by atoms with Crippen LogP contribution in [0.3, 0.4) is 0 Å². The van der Waals surface area contributed by atoms with Gasteiger partial charge in [-0.1, -0.05) is 39.5 Å². The number of rotatable bonds is 8. The van der Waals surface area contributed by atoms with E-state index in [1.165, 1.54) is 57.2 Å². The monoisotopic (exact) mass is 267 g/mol. The van der Waals surface area contributed by atoms with Crippen LogP contribution in [0.5, 0.6) is 0 Å². The van der Waals surface area contributed by atoms with Gasteiger partial charge in [0.15, 0.2) is 0 Å². The highest BCUT2D eigenvalue weighted by atomic mass is 16.4. The van der Waals surface area contributed by atoms with Crippen molar-refractivity contribution in [3.8, 4) is 0 Å². The lowest BCUT2D eigenvalue weighted by molar-refractivity contribution is -0.134. The maximum Gasteiger partial charge on any atom is 0.300 e. The van der Waals surface area contributed by atoms with Crippen LogP contribution in [0, 0.1) is 0 Å². The van der Waals surface area contributed by atoms with Crippen molar-refractivity contribution in [2.24, 2.45) is 0 Å². The molecular weight excluding hydrogens is 238 g/mol. The van der Waals surface area contributed by atoms with Crippen LogP contribution in [0.1, 0.15) is 65.0 Å². The van der Waals surface area contributed by atoms with Gasteiger partial charge in [0.25, 0.3) is 5.97 Å². The van der Waals surface area contributed by atoms with Gasteiger partial charge in [0.05, 0.1) is 0 Å². The number of carboxylic acids is 1. The average Bonchev–Trinajstić information content (AvgIpc) is 2.79. The normalized spacial score (nSPS) is 9.84. The third-order valence-electron chi connectivity index (χ3n) is 2.96. The molecule has 1 N–H and O–H groups in total. The first-order chi connectivity index (χ1) is 9.11. The zero-order valence-corrected chi connectivity index (χ0v) is 12.7. The maximum absolute atomic E-state index is 9.00. The van der Waals surface area contributed by atoms with E-state index in [1.54, 1.807) is 0 Å². The topological polar surface area (TPSA) is 42.2 Å². The summed E-state index contributed by atoms with van der Waals surface area (Å²) < 4.78 is 2.44. The molecule has 3 heteroatoms. The molecule has 1 aromatic heterocycles. The molecule has 0 aliphatic rings. The van der Waals surface area contributed by atoms with Crippen LogP contribution in [0.4, 0.5) is 0 Å². The van der Waals surface area contributed by atoms with E-state index in [9.17, 15) is 0 Å². The van der Waals surface area contributed by atoms with Gasteiger partial charge in [0.1, 0.15) is 0 Å². The molecule has 0 aliphatic carbocycles. The largest absolute Gasteiger partial charge is 0.481 e. The lowest BCUT2D eigenvalue weighted by atomic mass is 10.2. The number of hydrogen-bond acceptors (Lipinski definition) is 1. The molecular formula is C16H29NO2. The molecule has 0 saturated carbocycles. The van der Waals surface area contributed by atoms with Gasteiger partial charge < -0.3 is 9.67 Å². The number of aliphatic carboxylic acids is 1. The highest BCUT2D eigenvalue weighted by Gasteiger charge is 1.99. The Morgan fingerprint density at radius 1 is 1.16 bits per heavy atom. The van der Waals surface area contributed by atoms with Crippen molar-refractivity contribution >= 4 is 5.97 Å². The van der Waals surface area contributed by atoms with Crippen molar-refractivity contribution in [2.75, 3.05) is 0 Å². The molecule has 0 radical (unpaired) electrons. The summed E-state index contributed by atoms with van der Waals surface area (Å²) in [5.41, 5.74) is 1.52. The number of carbonyl (C=O) groups is 1. The van der Waals surface area contributed by atoms with Crippen LogP contribution in [0.25, 0.3) is 0 Å². The van der Waals surface area contributed by atoms with Crippen LogP contribution in [-0.4, -0.2) is 15.6 Å². The fourth-order valence-electron chi connectivity index (χ4n) is 1.96. The Morgan fingerprint density at radius 2 is 1.79 bits per heavy atom. The summed E-state index contributed by atoms with van der Waals surface area (Å²) in [6.45, 7) is 6.82. The zero-order valence-electron chi connectivity index (χ0n) is 12.7. The minimum absolute atomic E-state index is 0.833. The minimum Gasteiger partial charge on any atom is -0.481 e. The number of nitrogens with zero attached hydrogens (tertiary/aromatic N) is 1. The van der Waals surface area contributed by atoms with Crippen molar-refractivity contribution in [3.05, 3.63) is 24.0 Å². The van der Waals surface area contributed by atoms with Gasteiger partial charge >= 0.3 is 0 Å². The van der Waals surface area contributed by atoms with Gasteiger partial charge in [-0.05, 0) is 31.4 Å². The Bertz CT molecular complexity index is 327. The van der Waals surface area contributed by atoms with Crippen LogP contribution >= 0.6 is 0 Å². The molecule has 0 amide bonds. The first-order valence-corrected chi connectivity index (χ1v) is 7.45. The first kappa shape index (κ1) is 17.8. The summed E-state index contributed by atoms with van der Waals surface area (Å²) in [5, 5.41) is 7.42. The van der Waals surface area contributed by atoms with Gasteiger partial charge in [-0.25, -0.2) is 0 Å². The van der Waals surface area contributed by atoms with E-state index in [2.05, 4.69) is 36.7 Å². The lowest BCUT2D eigenvalue weighted by Crippen LogP contribution is -2.01. The van der Waals surface area contributed by atoms with E-state index in [4.69, 9.17) is 9.90 Å². The van der Waals surface area contributed by atoms with Crippen LogP contribution in [0.15, 0.2) is 18.3 Å². The van der Waals surface area contributed by atoms with Crippen molar-refractivity contribution in [1.29, 1.82) is 0 Å². The summed E-state index contributed by atoms with van der Waals surface area (Å²) >= 11 is 0. The number of hydrogen-bond donors (Lipinski definition) is 1. The predicted molar refractivity (Wildman–Crippen MR) is 80.5 cm³/mol. The number of unbranched alkanes of at least 4 members (excludes halogenated alkanes) is 4. The number of aryl methyl sites for hydroxylation is 2. The number of carboxylic acid groups (broad SMARTS) is 1. The molecule has 0 atom stereocenters. The van der Waals surface area contributed by atoms with E-state index in [0.717, 1.165) is 6.92 Å².